The van der Waals surface area contributed by atoms with Crippen molar-refractivity contribution in [3.8, 4) is 0 Å². The van der Waals surface area contributed by atoms with Gasteiger partial charge in [0.05, 0.1) is 0 Å². The number of fused-ring (bicyclic) bond motifs is 1. The van der Waals surface area contributed by atoms with Crippen LogP contribution >= 0.6 is 22.9 Å². The van der Waals surface area contributed by atoms with E-state index in [-0.39, 0.29) is 10.6 Å². The number of rotatable bonds is 9. The number of halogens is 4. The van der Waals surface area contributed by atoms with Crippen LogP contribution in [0.3, 0.4) is 0 Å². The zero-order valence-electron chi connectivity index (χ0n) is 20.3. The molecule has 1 aliphatic rings. The molecule has 3 N–H and O–H groups in total. The van der Waals surface area contributed by atoms with E-state index in [9.17, 15) is 36.3 Å². The zero-order chi connectivity index (χ0) is 29.7. The fraction of sp³-hybridized carbons (Fsp3) is 0.304. The highest BCUT2D eigenvalue weighted by atomic mass is 35.5. The first-order chi connectivity index (χ1) is 18.7. The summed E-state index contributed by atoms with van der Waals surface area (Å²) in [6.45, 7) is 0.372. The number of hydrogen-bond acceptors (Lipinski definition) is 8. The number of hydrogen-bond donors (Lipinski definition) is 3. The second-order valence-electron chi connectivity index (χ2n) is 8.29. The van der Waals surface area contributed by atoms with Crippen molar-refractivity contribution < 1.29 is 46.2 Å². The summed E-state index contributed by atoms with van der Waals surface area (Å²) in [5.74, 6) is -4.48. The number of nitrogens with zero attached hydrogens (tertiary/aromatic N) is 3. The van der Waals surface area contributed by atoms with Crippen LogP contribution in [-0.4, -0.2) is 89.1 Å². The lowest BCUT2D eigenvalue weighted by Crippen LogP contribution is -2.47. The van der Waals surface area contributed by atoms with Crippen LogP contribution in [0, 0.1) is 0 Å². The van der Waals surface area contributed by atoms with Crippen LogP contribution in [0.1, 0.15) is 6.42 Å². The Morgan fingerprint density at radius 3 is 2.42 bits per heavy atom. The number of likely N-dealkylation sites (tertiary alicyclic amines) is 1. The number of aromatic nitrogens is 1. The normalized spacial score (nSPS) is 15.7. The van der Waals surface area contributed by atoms with Gasteiger partial charge in [0.1, 0.15) is 16.8 Å². The second-order valence-corrected chi connectivity index (χ2v) is 11.9. The third-order valence-electron chi connectivity index (χ3n) is 5.56. The Morgan fingerprint density at radius 1 is 1.18 bits per heavy atom. The van der Waals surface area contributed by atoms with Crippen molar-refractivity contribution >= 4 is 66.6 Å². The number of alkyl halides is 3. The zero-order valence-corrected chi connectivity index (χ0v) is 22.7. The Balaban J connectivity index is 0.000000559. The van der Waals surface area contributed by atoms with Crippen LogP contribution in [0.5, 0.6) is 0 Å². The second kappa shape index (κ2) is 12.8. The number of thiophene rings is 1. The molecule has 11 nitrogen and oxygen atoms in total. The van der Waals surface area contributed by atoms with Gasteiger partial charge in [-0.15, -0.1) is 11.3 Å². The molecule has 1 aromatic carbocycles. The number of amides is 1. The molecule has 40 heavy (non-hydrogen) atoms. The van der Waals surface area contributed by atoms with Gasteiger partial charge in [0, 0.05) is 47.4 Å². The Labute approximate surface area is 234 Å². The smallest absolute Gasteiger partial charge is 0.480 e. The molecule has 4 rings (SSSR count). The van der Waals surface area contributed by atoms with Gasteiger partial charge in [0.15, 0.2) is 0 Å². The van der Waals surface area contributed by atoms with Gasteiger partial charge in [-0.1, -0.05) is 17.7 Å². The summed E-state index contributed by atoms with van der Waals surface area (Å²) < 4.78 is 60.0. The first kappa shape index (κ1) is 31.1. The van der Waals surface area contributed by atoms with E-state index in [0.29, 0.717) is 34.7 Å². The van der Waals surface area contributed by atoms with E-state index in [2.05, 4.69) is 10.3 Å². The number of pyridine rings is 1. The molecule has 216 valence electrons. The predicted molar refractivity (Wildman–Crippen MR) is 140 cm³/mol. The molecule has 3 aromatic rings. The topological polar surface area (TPSA) is 157 Å². The maximum Gasteiger partial charge on any atom is 0.490 e. The summed E-state index contributed by atoms with van der Waals surface area (Å²) in [5.41, 5.74) is 0.855. The number of carbonyl (C=O) groups is 3. The lowest BCUT2D eigenvalue weighted by Gasteiger charge is -2.25. The van der Waals surface area contributed by atoms with Crippen molar-refractivity contribution in [1.29, 1.82) is 0 Å². The summed E-state index contributed by atoms with van der Waals surface area (Å²) in [7, 11) is -4.22. The standard InChI is InChI=1S/C21H21ClN4O5S2.C2HF3O2/c22-15-2-1-14-11-20(32-18(14)12-15)33(30,31)26(13-19(27)28)17-5-9-25(21(17)29)10-8-24-16-3-6-23-7-4-16;3-2(4,5)1(6)7/h1-4,6-7,11-12,17H,5,8-10,13H2,(H,23,24)(H,27,28);(H,6,7). The number of nitrogens with one attached hydrogen (secondary N) is 1. The number of sulfonamides is 1. The molecule has 1 amide bonds. The SMILES string of the molecule is O=C(O)C(F)(F)F.O=C(O)CN(C1CCN(CCNc2ccncc2)C1=O)S(=O)(=O)c1cc2ccc(Cl)cc2s1. The quantitative estimate of drug-likeness (QED) is 0.325. The number of anilines is 1. The first-order valence-corrected chi connectivity index (χ1v) is 14.0. The summed E-state index contributed by atoms with van der Waals surface area (Å²) in [6.07, 6.45) is -1.57. The average Bonchev–Trinajstić information content (AvgIpc) is 3.46. The molecule has 0 saturated carbocycles. The van der Waals surface area contributed by atoms with Crippen LogP contribution in [0.2, 0.25) is 5.02 Å². The van der Waals surface area contributed by atoms with Crippen molar-refractivity contribution in [2.24, 2.45) is 0 Å². The third kappa shape index (κ3) is 7.80. The third-order valence-corrected chi connectivity index (χ3v) is 9.20. The monoisotopic (exact) mass is 622 g/mol. The summed E-state index contributed by atoms with van der Waals surface area (Å²) in [4.78, 5) is 38.9. The van der Waals surface area contributed by atoms with Gasteiger partial charge in [-0.3, -0.25) is 14.6 Å². The van der Waals surface area contributed by atoms with Gasteiger partial charge in [-0.25, -0.2) is 13.2 Å². The molecule has 3 heterocycles. The molecular formula is C23H22ClF3N4O7S2. The Kier molecular flexibility index (Phi) is 9.94. The molecule has 1 aliphatic heterocycles. The molecule has 17 heteroatoms. The lowest BCUT2D eigenvalue weighted by molar-refractivity contribution is -0.192. The minimum absolute atomic E-state index is 0.0216. The number of benzene rings is 1. The Bertz CT molecular complexity index is 1490. The maximum atomic E-state index is 13.4. The molecule has 1 unspecified atom stereocenters. The van der Waals surface area contributed by atoms with Crippen molar-refractivity contribution in [3.63, 3.8) is 0 Å². The largest absolute Gasteiger partial charge is 0.490 e. The molecule has 0 aliphatic carbocycles. The first-order valence-electron chi connectivity index (χ1n) is 11.4. The lowest BCUT2D eigenvalue weighted by atomic mass is 10.2. The highest BCUT2D eigenvalue weighted by Gasteiger charge is 2.43. The van der Waals surface area contributed by atoms with Gasteiger partial charge in [-0.05, 0) is 42.1 Å². The molecule has 0 spiro atoms. The van der Waals surface area contributed by atoms with Crippen molar-refractivity contribution in [1.82, 2.24) is 14.2 Å². The van der Waals surface area contributed by atoms with E-state index in [0.717, 1.165) is 21.3 Å². The van der Waals surface area contributed by atoms with E-state index in [4.69, 9.17) is 21.5 Å². The van der Waals surface area contributed by atoms with Crippen molar-refractivity contribution in [3.05, 3.63) is 53.8 Å². The highest BCUT2D eigenvalue weighted by molar-refractivity contribution is 7.91. The number of carboxylic acid groups (broad SMARTS) is 2. The minimum Gasteiger partial charge on any atom is -0.480 e. The van der Waals surface area contributed by atoms with Crippen LogP contribution in [0.25, 0.3) is 10.1 Å². The fourth-order valence-electron chi connectivity index (χ4n) is 3.74. The van der Waals surface area contributed by atoms with Crippen LogP contribution < -0.4 is 5.32 Å². The van der Waals surface area contributed by atoms with E-state index < -0.39 is 46.6 Å². The van der Waals surface area contributed by atoms with Gasteiger partial charge in [0.25, 0.3) is 10.0 Å². The van der Waals surface area contributed by atoms with E-state index in [1.807, 2.05) is 0 Å². The van der Waals surface area contributed by atoms with Crippen LogP contribution in [0.15, 0.2) is 53.0 Å². The Hall–Kier alpha value is -3.47. The maximum absolute atomic E-state index is 13.4. The Morgan fingerprint density at radius 2 is 1.82 bits per heavy atom. The summed E-state index contributed by atoms with van der Waals surface area (Å²) in [6, 6.07) is 9.02. The van der Waals surface area contributed by atoms with E-state index in [1.165, 1.54) is 6.07 Å². The van der Waals surface area contributed by atoms with E-state index >= 15 is 0 Å². The van der Waals surface area contributed by atoms with E-state index in [1.54, 1.807) is 47.6 Å². The summed E-state index contributed by atoms with van der Waals surface area (Å²) in [5, 5.41) is 20.8. The average molecular weight is 623 g/mol. The molecule has 0 radical (unpaired) electrons. The number of aliphatic carboxylic acids is 2. The van der Waals surface area contributed by atoms with Crippen molar-refractivity contribution in [2.45, 2.75) is 22.8 Å². The summed E-state index contributed by atoms with van der Waals surface area (Å²) >= 11 is 7.00. The van der Waals surface area contributed by atoms with Crippen LogP contribution in [-0.2, 0) is 24.4 Å². The predicted octanol–water partition coefficient (Wildman–Crippen LogP) is 3.37. The van der Waals surface area contributed by atoms with Gasteiger partial charge in [-0.2, -0.15) is 17.5 Å². The van der Waals surface area contributed by atoms with Crippen LogP contribution in [0.4, 0.5) is 18.9 Å². The van der Waals surface area contributed by atoms with Gasteiger partial charge >= 0.3 is 18.1 Å². The van der Waals surface area contributed by atoms with Crippen molar-refractivity contribution in [2.75, 3.05) is 31.5 Å². The highest BCUT2D eigenvalue weighted by Crippen LogP contribution is 2.34. The molecule has 1 saturated heterocycles. The fourth-order valence-corrected chi connectivity index (χ4v) is 7.10. The molecule has 1 atom stereocenters. The molecule has 1 fully saturated rings. The molecule has 0 bridgehead atoms. The molecule has 2 aromatic heterocycles. The minimum atomic E-state index is -5.08. The number of carboxylic acids is 2. The number of carbonyl (C=O) groups excluding carboxylic acids is 1. The van der Waals surface area contributed by atoms with Gasteiger partial charge in [0.2, 0.25) is 5.91 Å². The molecular weight excluding hydrogens is 601 g/mol. The van der Waals surface area contributed by atoms with Gasteiger partial charge < -0.3 is 20.4 Å².